The van der Waals surface area contributed by atoms with Crippen LogP contribution in [0.2, 0.25) is 5.02 Å². The minimum Gasteiger partial charge on any atom is -0.496 e. The third-order valence-electron chi connectivity index (χ3n) is 3.27. The normalized spacial score (nSPS) is 10.3. The van der Waals surface area contributed by atoms with Gasteiger partial charge in [0, 0.05) is 22.8 Å². The number of anilines is 1. The number of benzene rings is 2. The van der Waals surface area contributed by atoms with Gasteiger partial charge in [0.05, 0.1) is 13.7 Å². The monoisotopic (exact) mass is 318 g/mol. The molecule has 2 N–H and O–H groups in total. The van der Waals surface area contributed by atoms with Gasteiger partial charge < -0.3 is 15.4 Å². The van der Waals surface area contributed by atoms with Crippen molar-refractivity contribution in [2.45, 2.75) is 13.5 Å². The molecule has 2 aromatic rings. The zero-order valence-electron chi connectivity index (χ0n) is 12.7. The fourth-order valence-corrected chi connectivity index (χ4v) is 2.26. The molecule has 0 aromatic heterocycles. The van der Waals surface area contributed by atoms with E-state index in [0.29, 0.717) is 11.6 Å². The fourth-order valence-electron chi connectivity index (χ4n) is 2.08. The number of hydrogen-bond donors (Lipinski definition) is 2. The first-order chi connectivity index (χ1) is 10.6. The number of nitrogens with one attached hydrogen (secondary N) is 2. The minimum absolute atomic E-state index is 0.111. The van der Waals surface area contributed by atoms with Gasteiger partial charge in [0.2, 0.25) is 5.91 Å². The van der Waals surface area contributed by atoms with Crippen LogP contribution in [-0.4, -0.2) is 19.6 Å². The predicted molar refractivity (Wildman–Crippen MR) is 89.5 cm³/mol. The van der Waals surface area contributed by atoms with E-state index < -0.39 is 0 Å². The molecule has 0 aliphatic heterocycles. The van der Waals surface area contributed by atoms with E-state index in [1.165, 1.54) is 0 Å². The van der Waals surface area contributed by atoms with E-state index in [2.05, 4.69) is 10.6 Å². The lowest BCUT2D eigenvalue weighted by Crippen LogP contribution is -2.28. The van der Waals surface area contributed by atoms with Crippen molar-refractivity contribution in [3.8, 4) is 5.75 Å². The number of carbonyl (C=O) groups is 1. The standard InChI is InChI=1S/C17H19ClN2O2/c1-12-7-8-14(18)9-15(12)20-17(21)11-19-10-13-5-3-4-6-16(13)22-2/h3-9,19H,10-11H2,1-2H3,(H,20,21). The SMILES string of the molecule is COc1ccccc1CNCC(=O)Nc1cc(Cl)ccc1C. The quantitative estimate of drug-likeness (QED) is 0.858. The average molecular weight is 319 g/mol. The van der Waals surface area contributed by atoms with Crippen molar-refractivity contribution >= 4 is 23.2 Å². The van der Waals surface area contributed by atoms with Gasteiger partial charge in [-0.3, -0.25) is 4.79 Å². The lowest BCUT2D eigenvalue weighted by Gasteiger charge is -2.11. The molecule has 2 aromatic carbocycles. The van der Waals surface area contributed by atoms with Crippen molar-refractivity contribution in [1.82, 2.24) is 5.32 Å². The molecule has 4 nitrogen and oxygen atoms in total. The molecule has 2 rings (SSSR count). The molecule has 0 spiro atoms. The molecule has 22 heavy (non-hydrogen) atoms. The number of hydrogen-bond acceptors (Lipinski definition) is 3. The Labute approximate surface area is 135 Å². The second-order valence-corrected chi connectivity index (χ2v) is 5.36. The van der Waals surface area contributed by atoms with Gasteiger partial charge in [0.25, 0.3) is 0 Å². The Hall–Kier alpha value is -2.04. The molecule has 116 valence electrons. The van der Waals surface area contributed by atoms with Gasteiger partial charge in [-0.25, -0.2) is 0 Å². The summed E-state index contributed by atoms with van der Waals surface area (Å²) in [7, 11) is 1.63. The summed E-state index contributed by atoms with van der Waals surface area (Å²) in [6, 6.07) is 13.1. The lowest BCUT2D eigenvalue weighted by molar-refractivity contribution is -0.115. The highest BCUT2D eigenvalue weighted by molar-refractivity contribution is 6.31. The highest BCUT2D eigenvalue weighted by Gasteiger charge is 2.06. The van der Waals surface area contributed by atoms with E-state index in [-0.39, 0.29) is 12.5 Å². The number of methoxy groups -OCH3 is 1. The van der Waals surface area contributed by atoms with Crippen molar-refractivity contribution in [1.29, 1.82) is 0 Å². The van der Waals surface area contributed by atoms with Crippen molar-refractivity contribution < 1.29 is 9.53 Å². The van der Waals surface area contributed by atoms with Crippen molar-refractivity contribution in [2.75, 3.05) is 19.0 Å². The molecule has 0 aliphatic rings. The van der Waals surface area contributed by atoms with Gasteiger partial charge in [0.15, 0.2) is 0 Å². The highest BCUT2D eigenvalue weighted by Crippen LogP contribution is 2.20. The van der Waals surface area contributed by atoms with E-state index in [9.17, 15) is 4.79 Å². The molecule has 0 radical (unpaired) electrons. The number of halogens is 1. The average Bonchev–Trinajstić information content (AvgIpc) is 2.51. The Morgan fingerprint density at radius 2 is 2.00 bits per heavy atom. The molecule has 0 saturated heterocycles. The Bertz CT molecular complexity index is 659. The Kier molecular flexibility index (Phi) is 5.81. The first kappa shape index (κ1) is 16.3. The second kappa shape index (κ2) is 7.82. The predicted octanol–water partition coefficient (Wildman–Crippen LogP) is 3.39. The van der Waals surface area contributed by atoms with Gasteiger partial charge in [-0.2, -0.15) is 0 Å². The van der Waals surface area contributed by atoms with Gasteiger partial charge in [0.1, 0.15) is 5.75 Å². The van der Waals surface area contributed by atoms with E-state index >= 15 is 0 Å². The second-order valence-electron chi connectivity index (χ2n) is 4.92. The van der Waals surface area contributed by atoms with Crippen LogP contribution in [0.25, 0.3) is 0 Å². The number of para-hydroxylation sites is 1. The highest BCUT2D eigenvalue weighted by atomic mass is 35.5. The number of aryl methyl sites for hydroxylation is 1. The van der Waals surface area contributed by atoms with Crippen LogP contribution in [0, 0.1) is 6.92 Å². The Morgan fingerprint density at radius 1 is 1.23 bits per heavy atom. The summed E-state index contributed by atoms with van der Waals surface area (Å²) in [5, 5.41) is 6.55. The summed E-state index contributed by atoms with van der Waals surface area (Å²) in [5.74, 6) is 0.696. The third-order valence-corrected chi connectivity index (χ3v) is 3.50. The Morgan fingerprint density at radius 3 is 2.77 bits per heavy atom. The van der Waals surface area contributed by atoms with Crippen molar-refractivity contribution in [3.05, 3.63) is 58.6 Å². The zero-order chi connectivity index (χ0) is 15.9. The van der Waals surface area contributed by atoms with Gasteiger partial charge in [-0.05, 0) is 30.7 Å². The summed E-state index contributed by atoms with van der Waals surface area (Å²) < 4.78 is 5.27. The van der Waals surface area contributed by atoms with Crippen LogP contribution >= 0.6 is 11.6 Å². The van der Waals surface area contributed by atoms with Gasteiger partial charge in [-0.1, -0.05) is 35.9 Å². The molecule has 0 unspecified atom stereocenters. The number of carbonyl (C=O) groups excluding carboxylic acids is 1. The molecule has 5 heteroatoms. The summed E-state index contributed by atoms with van der Waals surface area (Å²) >= 11 is 5.94. The van der Waals surface area contributed by atoms with Gasteiger partial charge in [-0.15, -0.1) is 0 Å². The summed E-state index contributed by atoms with van der Waals surface area (Å²) in [6.45, 7) is 2.70. The molecule has 1 amide bonds. The number of rotatable bonds is 6. The molecule has 0 atom stereocenters. The summed E-state index contributed by atoms with van der Waals surface area (Å²) in [6.07, 6.45) is 0. The lowest BCUT2D eigenvalue weighted by atomic mass is 10.2. The van der Waals surface area contributed by atoms with Crippen molar-refractivity contribution in [2.24, 2.45) is 0 Å². The maximum atomic E-state index is 12.0. The minimum atomic E-state index is -0.111. The van der Waals surface area contributed by atoms with E-state index in [0.717, 1.165) is 22.6 Å². The van der Waals surface area contributed by atoms with Crippen LogP contribution in [-0.2, 0) is 11.3 Å². The summed E-state index contributed by atoms with van der Waals surface area (Å²) in [4.78, 5) is 12.0. The van der Waals surface area contributed by atoms with Crippen molar-refractivity contribution in [3.63, 3.8) is 0 Å². The summed E-state index contributed by atoms with van der Waals surface area (Å²) in [5.41, 5.74) is 2.72. The zero-order valence-corrected chi connectivity index (χ0v) is 13.4. The molecule has 0 saturated carbocycles. The molecule has 0 heterocycles. The number of ether oxygens (including phenoxy) is 1. The fraction of sp³-hybridized carbons (Fsp3) is 0.235. The number of amides is 1. The molecular formula is C17H19ClN2O2. The van der Waals surface area contributed by atoms with Crippen LogP contribution in [0.4, 0.5) is 5.69 Å². The molecule has 0 aliphatic carbocycles. The maximum absolute atomic E-state index is 12.0. The topological polar surface area (TPSA) is 50.4 Å². The smallest absolute Gasteiger partial charge is 0.238 e. The third kappa shape index (κ3) is 4.48. The molecule has 0 bridgehead atoms. The van der Waals surface area contributed by atoms with Crippen LogP contribution in [0.1, 0.15) is 11.1 Å². The first-order valence-corrected chi connectivity index (χ1v) is 7.36. The van der Waals surface area contributed by atoms with Crippen LogP contribution in [0.15, 0.2) is 42.5 Å². The van der Waals surface area contributed by atoms with E-state index in [4.69, 9.17) is 16.3 Å². The maximum Gasteiger partial charge on any atom is 0.238 e. The van der Waals surface area contributed by atoms with E-state index in [1.54, 1.807) is 19.2 Å². The molecule has 0 fully saturated rings. The van der Waals surface area contributed by atoms with Crippen LogP contribution in [0.3, 0.4) is 0 Å². The van der Waals surface area contributed by atoms with Crippen LogP contribution < -0.4 is 15.4 Å². The van der Waals surface area contributed by atoms with E-state index in [1.807, 2.05) is 37.3 Å². The van der Waals surface area contributed by atoms with Crippen LogP contribution in [0.5, 0.6) is 5.75 Å². The first-order valence-electron chi connectivity index (χ1n) is 6.99. The van der Waals surface area contributed by atoms with Gasteiger partial charge >= 0.3 is 0 Å². The Balaban J connectivity index is 1.87. The largest absolute Gasteiger partial charge is 0.496 e. The molecular weight excluding hydrogens is 300 g/mol.